The molecule has 2 aromatic rings. The van der Waals surface area contributed by atoms with Crippen LogP contribution in [0.3, 0.4) is 0 Å². The zero-order valence-corrected chi connectivity index (χ0v) is 12.6. The standard InChI is InChI=1S/C17H18O2S/c1-18-16-11-15(12-20)17(19-2)10-14(16)9-8-13-6-4-3-5-7-13/h3-11,20H,12H2,1-2H3. The first-order valence-electron chi connectivity index (χ1n) is 6.37. The molecule has 20 heavy (non-hydrogen) atoms. The van der Waals surface area contributed by atoms with Crippen molar-refractivity contribution in [3.63, 3.8) is 0 Å². The van der Waals surface area contributed by atoms with Crippen LogP contribution in [-0.2, 0) is 5.75 Å². The van der Waals surface area contributed by atoms with Crippen molar-refractivity contribution in [2.24, 2.45) is 0 Å². The van der Waals surface area contributed by atoms with Crippen LogP contribution in [-0.4, -0.2) is 14.2 Å². The molecule has 0 aliphatic rings. The molecular weight excluding hydrogens is 268 g/mol. The minimum absolute atomic E-state index is 0.613. The topological polar surface area (TPSA) is 18.5 Å². The van der Waals surface area contributed by atoms with Crippen LogP contribution in [0.4, 0.5) is 0 Å². The molecule has 3 heteroatoms. The third-order valence-electron chi connectivity index (χ3n) is 3.06. The van der Waals surface area contributed by atoms with Crippen molar-refractivity contribution >= 4 is 24.8 Å². The molecule has 104 valence electrons. The molecule has 0 fully saturated rings. The number of hydrogen-bond donors (Lipinski definition) is 1. The van der Waals surface area contributed by atoms with Gasteiger partial charge in [-0.3, -0.25) is 0 Å². The first-order chi connectivity index (χ1) is 9.78. The maximum absolute atomic E-state index is 5.43. The van der Waals surface area contributed by atoms with E-state index in [0.717, 1.165) is 28.2 Å². The number of thiol groups is 1. The molecule has 0 aliphatic heterocycles. The molecule has 2 rings (SSSR count). The van der Waals surface area contributed by atoms with Crippen LogP contribution in [0.15, 0.2) is 42.5 Å². The molecule has 0 heterocycles. The summed E-state index contributed by atoms with van der Waals surface area (Å²) in [6, 6.07) is 14.1. The van der Waals surface area contributed by atoms with Gasteiger partial charge in [0, 0.05) is 16.9 Å². The molecule has 0 N–H and O–H groups in total. The number of benzene rings is 2. The molecule has 0 spiro atoms. The maximum Gasteiger partial charge on any atom is 0.126 e. The fraction of sp³-hybridized carbons (Fsp3) is 0.176. The van der Waals surface area contributed by atoms with E-state index in [9.17, 15) is 0 Å². The minimum Gasteiger partial charge on any atom is -0.496 e. The summed E-state index contributed by atoms with van der Waals surface area (Å²) in [7, 11) is 3.34. The lowest BCUT2D eigenvalue weighted by Crippen LogP contribution is -1.94. The summed E-state index contributed by atoms with van der Waals surface area (Å²) < 4.78 is 10.8. The van der Waals surface area contributed by atoms with E-state index in [4.69, 9.17) is 9.47 Å². The lowest BCUT2D eigenvalue weighted by molar-refractivity contribution is 0.399. The number of hydrogen-bond acceptors (Lipinski definition) is 3. The van der Waals surface area contributed by atoms with Gasteiger partial charge in [0.1, 0.15) is 11.5 Å². The van der Waals surface area contributed by atoms with Crippen LogP contribution in [0, 0.1) is 0 Å². The van der Waals surface area contributed by atoms with Crippen LogP contribution < -0.4 is 9.47 Å². The molecule has 0 radical (unpaired) electrons. The quantitative estimate of drug-likeness (QED) is 0.652. The number of methoxy groups -OCH3 is 2. The van der Waals surface area contributed by atoms with E-state index in [-0.39, 0.29) is 0 Å². The lowest BCUT2D eigenvalue weighted by Gasteiger charge is -2.11. The van der Waals surface area contributed by atoms with Gasteiger partial charge in [-0.25, -0.2) is 0 Å². The Morgan fingerprint density at radius 3 is 2.25 bits per heavy atom. The van der Waals surface area contributed by atoms with E-state index in [1.54, 1.807) is 14.2 Å². The smallest absolute Gasteiger partial charge is 0.126 e. The van der Waals surface area contributed by atoms with Crippen molar-refractivity contribution in [3.8, 4) is 11.5 Å². The summed E-state index contributed by atoms with van der Waals surface area (Å²) in [6.07, 6.45) is 4.08. The Bertz CT molecular complexity index is 591. The fourth-order valence-corrected chi connectivity index (χ4v) is 2.24. The molecule has 0 unspecified atom stereocenters. The van der Waals surface area contributed by atoms with Crippen molar-refractivity contribution in [2.75, 3.05) is 14.2 Å². The zero-order valence-electron chi connectivity index (χ0n) is 11.7. The van der Waals surface area contributed by atoms with Gasteiger partial charge in [0.2, 0.25) is 0 Å². The number of rotatable bonds is 5. The fourth-order valence-electron chi connectivity index (χ4n) is 1.99. The van der Waals surface area contributed by atoms with Crippen LogP contribution in [0.1, 0.15) is 16.7 Å². The average molecular weight is 286 g/mol. The predicted octanol–water partition coefficient (Wildman–Crippen LogP) is 4.30. The predicted molar refractivity (Wildman–Crippen MR) is 87.6 cm³/mol. The Morgan fingerprint density at radius 1 is 0.950 bits per heavy atom. The Kier molecular flexibility index (Phi) is 5.13. The normalized spacial score (nSPS) is 10.8. The highest BCUT2D eigenvalue weighted by Crippen LogP contribution is 2.31. The van der Waals surface area contributed by atoms with Crippen LogP contribution in [0.5, 0.6) is 11.5 Å². The van der Waals surface area contributed by atoms with Crippen LogP contribution in [0.25, 0.3) is 12.2 Å². The Hall–Kier alpha value is -1.87. The summed E-state index contributed by atoms with van der Waals surface area (Å²) in [5.41, 5.74) is 3.15. The highest BCUT2D eigenvalue weighted by atomic mass is 32.1. The van der Waals surface area contributed by atoms with Crippen molar-refractivity contribution in [3.05, 3.63) is 59.2 Å². The molecule has 0 amide bonds. The van der Waals surface area contributed by atoms with E-state index in [1.165, 1.54) is 0 Å². The van der Waals surface area contributed by atoms with E-state index < -0.39 is 0 Å². The van der Waals surface area contributed by atoms with Gasteiger partial charge in [-0.15, -0.1) is 0 Å². The summed E-state index contributed by atoms with van der Waals surface area (Å²) >= 11 is 4.31. The van der Waals surface area contributed by atoms with Gasteiger partial charge in [-0.2, -0.15) is 12.6 Å². The van der Waals surface area contributed by atoms with Crippen molar-refractivity contribution in [1.29, 1.82) is 0 Å². The largest absolute Gasteiger partial charge is 0.496 e. The van der Waals surface area contributed by atoms with Crippen molar-refractivity contribution in [1.82, 2.24) is 0 Å². The molecular formula is C17H18O2S. The molecule has 2 aromatic carbocycles. The van der Waals surface area contributed by atoms with Gasteiger partial charge in [0.15, 0.2) is 0 Å². The Morgan fingerprint density at radius 2 is 1.65 bits per heavy atom. The van der Waals surface area contributed by atoms with E-state index >= 15 is 0 Å². The zero-order chi connectivity index (χ0) is 14.4. The summed E-state index contributed by atoms with van der Waals surface area (Å²) in [6.45, 7) is 0. The third-order valence-corrected chi connectivity index (χ3v) is 3.40. The molecule has 0 saturated carbocycles. The summed E-state index contributed by atoms with van der Waals surface area (Å²) in [4.78, 5) is 0. The van der Waals surface area contributed by atoms with Gasteiger partial charge < -0.3 is 9.47 Å². The SMILES string of the molecule is COc1cc(CS)c(OC)cc1C=Cc1ccccc1. The summed E-state index contributed by atoms with van der Waals surface area (Å²) in [5, 5.41) is 0. The lowest BCUT2D eigenvalue weighted by atomic mass is 10.1. The van der Waals surface area contributed by atoms with Crippen LogP contribution in [0.2, 0.25) is 0 Å². The second kappa shape index (κ2) is 7.06. The van der Waals surface area contributed by atoms with E-state index in [0.29, 0.717) is 5.75 Å². The third kappa shape index (κ3) is 3.36. The van der Waals surface area contributed by atoms with Gasteiger partial charge in [-0.05, 0) is 17.7 Å². The van der Waals surface area contributed by atoms with Gasteiger partial charge in [-0.1, -0.05) is 42.5 Å². The summed E-state index contributed by atoms with van der Waals surface area (Å²) in [5.74, 6) is 2.26. The Balaban J connectivity index is 2.37. The maximum atomic E-state index is 5.43. The Labute approximate surface area is 125 Å². The molecule has 0 aromatic heterocycles. The molecule has 0 aliphatic carbocycles. The molecule has 2 nitrogen and oxygen atoms in total. The van der Waals surface area contributed by atoms with Gasteiger partial charge in [0.25, 0.3) is 0 Å². The van der Waals surface area contributed by atoms with Gasteiger partial charge in [0.05, 0.1) is 14.2 Å². The van der Waals surface area contributed by atoms with E-state index in [2.05, 4.69) is 30.8 Å². The first-order valence-corrected chi connectivity index (χ1v) is 7.00. The first kappa shape index (κ1) is 14.5. The van der Waals surface area contributed by atoms with Crippen LogP contribution >= 0.6 is 12.6 Å². The van der Waals surface area contributed by atoms with Crippen molar-refractivity contribution in [2.45, 2.75) is 5.75 Å². The minimum atomic E-state index is 0.613. The number of ether oxygens (including phenoxy) is 2. The highest BCUT2D eigenvalue weighted by Gasteiger charge is 2.08. The average Bonchev–Trinajstić information content (AvgIpc) is 2.52. The highest BCUT2D eigenvalue weighted by molar-refractivity contribution is 7.79. The molecule has 0 bridgehead atoms. The van der Waals surface area contributed by atoms with Crippen molar-refractivity contribution < 1.29 is 9.47 Å². The monoisotopic (exact) mass is 286 g/mol. The second-order valence-electron chi connectivity index (χ2n) is 4.31. The molecule has 0 saturated heterocycles. The molecule has 0 atom stereocenters. The van der Waals surface area contributed by atoms with E-state index in [1.807, 2.05) is 36.4 Å². The second-order valence-corrected chi connectivity index (χ2v) is 4.62. The van der Waals surface area contributed by atoms with Gasteiger partial charge >= 0.3 is 0 Å².